The van der Waals surface area contributed by atoms with E-state index in [4.69, 9.17) is 0 Å². The minimum Gasteiger partial charge on any atom is -0.313 e. The van der Waals surface area contributed by atoms with Gasteiger partial charge in [0.15, 0.2) is 0 Å². The van der Waals surface area contributed by atoms with Crippen LogP contribution >= 0.6 is 15.9 Å². The van der Waals surface area contributed by atoms with E-state index in [2.05, 4.69) is 21.2 Å². The van der Waals surface area contributed by atoms with Crippen molar-refractivity contribution in [2.24, 2.45) is 0 Å². The van der Waals surface area contributed by atoms with Gasteiger partial charge in [-0.25, -0.2) is 8.42 Å². The van der Waals surface area contributed by atoms with E-state index in [-0.39, 0.29) is 6.04 Å². The number of aryl methyl sites for hydroxylation is 1. The van der Waals surface area contributed by atoms with E-state index in [0.717, 1.165) is 35.8 Å². The van der Waals surface area contributed by atoms with E-state index in [1.54, 1.807) is 10.4 Å². The molecule has 4 nitrogen and oxygen atoms in total. The summed E-state index contributed by atoms with van der Waals surface area (Å²) in [6.07, 6.45) is 2.99. The summed E-state index contributed by atoms with van der Waals surface area (Å²) >= 11 is 3.37. The van der Waals surface area contributed by atoms with E-state index in [1.165, 1.54) is 0 Å². The van der Waals surface area contributed by atoms with Crippen molar-refractivity contribution in [2.45, 2.75) is 44.0 Å². The van der Waals surface area contributed by atoms with Crippen LogP contribution in [0.2, 0.25) is 0 Å². The highest BCUT2D eigenvalue weighted by Gasteiger charge is 2.29. The number of halogens is 1. The lowest BCUT2D eigenvalue weighted by molar-refractivity contribution is 0.369. The molecule has 1 saturated heterocycles. The number of hydrogen-bond donors (Lipinski definition) is 1. The molecule has 0 radical (unpaired) electrons. The van der Waals surface area contributed by atoms with E-state index >= 15 is 0 Å². The summed E-state index contributed by atoms with van der Waals surface area (Å²) in [7, 11) is -3.44. The number of hydrogen-bond acceptors (Lipinski definition) is 3. The third-order valence-electron chi connectivity index (χ3n) is 3.83. The first-order valence-corrected chi connectivity index (χ1v) is 9.68. The maximum atomic E-state index is 13.0. The highest BCUT2D eigenvalue weighted by molar-refractivity contribution is 9.10. The lowest BCUT2D eigenvalue weighted by Gasteiger charge is -2.25. The predicted octanol–water partition coefficient (Wildman–Crippen LogP) is 2.91. The minimum absolute atomic E-state index is 0.277. The molecule has 6 heteroatoms. The van der Waals surface area contributed by atoms with Crippen molar-refractivity contribution in [1.29, 1.82) is 0 Å². The van der Waals surface area contributed by atoms with Gasteiger partial charge in [-0.15, -0.1) is 0 Å². The molecule has 1 fully saturated rings. The number of nitrogens with one attached hydrogen (secondary N) is 1. The fourth-order valence-electron chi connectivity index (χ4n) is 2.71. The van der Waals surface area contributed by atoms with Gasteiger partial charge >= 0.3 is 0 Å². The minimum atomic E-state index is -3.44. The van der Waals surface area contributed by atoms with Crippen LogP contribution in [-0.4, -0.2) is 38.4 Å². The van der Waals surface area contributed by atoms with Crippen LogP contribution in [0.1, 0.15) is 31.7 Å². The molecule has 0 aromatic heterocycles. The number of sulfonamides is 1. The lowest BCUT2D eigenvalue weighted by atomic mass is 10.2. The van der Waals surface area contributed by atoms with Crippen molar-refractivity contribution in [1.82, 2.24) is 9.62 Å². The Hall–Kier alpha value is -0.430. The summed E-state index contributed by atoms with van der Waals surface area (Å²) in [5.74, 6) is 0. The Bertz CT molecular complexity index is 583. The van der Waals surface area contributed by atoms with Gasteiger partial charge in [0, 0.05) is 23.6 Å². The van der Waals surface area contributed by atoms with Gasteiger partial charge in [-0.1, -0.05) is 28.9 Å². The van der Waals surface area contributed by atoms with Gasteiger partial charge in [-0.2, -0.15) is 4.31 Å². The third kappa shape index (κ3) is 4.06. The second-order valence-corrected chi connectivity index (χ2v) is 8.39. The fourth-order valence-corrected chi connectivity index (χ4v) is 5.05. The topological polar surface area (TPSA) is 49.4 Å². The first-order valence-electron chi connectivity index (χ1n) is 7.45. The van der Waals surface area contributed by atoms with Crippen molar-refractivity contribution in [3.05, 3.63) is 28.2 Å². The smallest absolute Gasteiger partial charge is 0.243 e. The largest absolute Gasteiger partial charge is 0.313 e. The van der Waals surface area contributed by atoms with Gasteiger partial charge in [0.05, 0.1) is 4.90 Å². The molecule has 0 amide bonds. The van der Waals surface area contributed by atoms with E-state index in [1.807, 2.05) is 26.0 Å². The zero-order valence-electron chi connectivity index (χ0n) is 12.6. The number of benzene rings is 1. The van der Waals surface area contributed by atoms with E-state index in [9.17, 15) is 8.42 Å². The van der Waals surface area contributed by atoms with Crippen LogP contribution in [-0.2, 0) is 10.0 Å². The lowest BCUT2D eigenvalue weighted by Crippen LogP contribution is -2.41. The first-order chi connectivity index (χ1) is 9.95. The van der Waals surface area contributed by atoms with Crippen LogP contribution in [0.4, 0.5) is 0 Å². The quantitative estimate of drug-likeness (QED) is 0.832. The molecule has 1 N–H and O–H groups in total. The zero-order valence-corrected chi connectivity index (χ0v) is 15.0. The summed E-state index contributed by atoms with van der Waals surface area (Å²) in [5, 5.41) is 3.38. The molecule has 0 saturated carbocycles. The van der Waals surface area contributed by atoms with Crippen LogP contribution in [0.15, 0.2) is 27.6 Å². The molecule has 1 atom stereocenters. The number of rotatable bonds is 6. The highest BCUT2D eigenvalue weighted by Crippen LogP contribution is 2.25. The molecule has 1 aliphatic rings. The average Bonchev–Trinajstić information content (AvgIpc) is 2.94. The molecule has 1 unspecified atom stereocenters. The van der Waals surface area contributed by atoms with Crippen LogP contribution in [0.25, 0.3) is 0 Å². The second-order valence-electron chi connectivity index (χ2n) is 5.57. The van der Waals surface area contributed by atoms with Gasteiger partial charge < -0.3 is 5.32 Å². The van der Waals surface area contributed by atoms with Crippen molar-refractivity contribution in [3.8, 4) is 0 Å². The Labute approximate surface area is 136 Å². The van der Waals surface area contributed by atoms with Crippen molar-refractivity contribution in [3.63, 3.8) is 0 Å². The monoisotopic (exact) mass is 374 g/mol. The molecule has 0 spiro atoms. The zero-order chi connectivity index (χ0) is 15.5. The summed E-state index contributed by atoms with van der Waals surface area (Å²) in [5.41, 5.74) is 0.790. The molecule has 0 aliphatic carbocycles. The first kappa shape index (κ1) is 16.9. The molecule has 21 heavy (non-hydrogen) atoms. The molecule has 118 valence electrons. The molecule has 1 aromatic carbocycles. The van der Waals surface area contributed by atoms with Crippen LogP contribution < -0.4 is 5.32 Å². The Balaban J connectivity index is 2.29. The molecule has 1 aliphatic heterocycles. The van der Waals surface area contributed by atoms with Crippen molar-refractivity contribution in [2.75, 3.05) is 19.6 Å². The second kappa shape index (κ2) is 7.22. The normalized spacial score (nSPS) is 19.3. The van der Waals surface area contributed by atoms with Gasteiger partial charge in [-0.3, -0.25) is 0 Å². The standard InChI is InChI=1S/C15H23BrN2O2S/c1-3-9-18(11-14-5-4-8-17-14)21(19,20)15-10-13(16)7-6-12(15)2/h6-7,10,14,17H,3-5,8-9,11H2,1-2H3. The summed E-state index contributed by atoms with van der Waals surface area (Å²) in [6, 6.07) is 5.69. The molecule has 1 aromatic rings. The Kier molecular flexibility index (Phi) is 5.82. The van der Waals surface area contributed by atoms with Crippen LogP contribution in [0.3, 0.4) is 0 Å². The molecule has 2 rings (SSSR count). The third-order valence-corrected chi connectivity index (χ3v) is 6.33. The van der Waals surface area contributed by atoms with Gasteiger partial charge in [-0.05, 0) is 50.4 Å². The predicted molar refractivity (Wildman–Crippen MR) is 89.0 cm³/mol. The maximum absolute atomic E-state index is 13.0. The molecule has 1 heterocycles. The van der Waals surface area contributed by atoms with Crippen LogP contribution in [0.5, 0.6) is 0 Å². The van der Waals surface area contributed by atoms with Crippen molar-refractivity contribution < 1.29 is 8.42 Å². The van der Waals surface area contributed by atoms with Crippen LogP contribution in [0, 0.1) is 6.92 Å². The summed E-state index contributed by atoms with van der Waals surface area (Å²) in [4.78, 5) is 0.406. The molecular weight excluding hydrogens is 352 g/mol. The molecule has 0 bridgehead atoms. The maximum Gasteiger partial charge on any atom is 0.243 e. The van der Waals surface area contributed by atoms with Gasteiger partial charge in [0.1, 0.15) is 0 Å². The molecular formula is C15H23BrN2O2S. The van der Waals surface area contributed by atoms with Gasteiger partial charge in [0.2, 0.25) is 10.0 Å². The average molecular weight is 375 g/mol. The SMILES string of the molecule is CCCN(CC1CCCN1)S(=O)(=O)c1cc(Br)ccc1C. The van der Waals surface area contributed by atoms with Gasteiger partial charge in [0.25, 0.3) is 0 Å². The Morgan fingerprint density at radius 3 is 2.81 bits per heavy atom. The number of nitrogens with zero attached hydrogens (tertiary/aromatic N) is 1. The van der Waals surface area contributed by atoms with E-state index < -0.39 is 10.0 Å². The Morgan fingerprint density at radius 1 is 1.43 bits per heavy atom. The van der Waals surface area contributed by atoms with E-state index in [0.29, 0.717) is 18.0 Å². The summed E-state index contributed by atoms with van der Waals surface area (Å²) < 4.78 is 28.3. The summed E-state index contributed by atoms with van der Waals surface area (Å²) in [6.45, 7) is 5.96. The highest BCUT2D eigenvalue weighted by atomic mass is 79.9. The van der Waals surface area contributed by atoms with Crippen molar-refractivity contribution >= 4 is 26.0 Å². The Morgan fingerprint density at radius 2 is 2.19 bits per heavy atom. The fraction of sp³-hybridized carbons (Fsp3) is 0.600.